The molecule has 1 heterocycles. The number of rotatable bonds is 5. The van der Waals surface area contributed by atoms with Gasteiger partial charge in [0, 0.05) is 17.7 Å². The summed E-state index contributed by atoms with van der Waals surface area (Å²) in [6.45, 7) is 6.63. The largest absolute Gasteiger partial charge is 0.352 e. The lowest BCUT2D eigenvalue weighted by molar-refractivity contribution is 0.0934. The maximum atomic E-state index is 13.0. The Morgan fingerprint density at radius 1 is 1.07 bits per heavy atom. The molecule has 1 aliphatic heterocycles. The van der Waals surface area contributed by atoms with Gasteiger partial charge in [0.1, 0.15) is 0 Å². The first kappa shape index (κ1) is 21.1. The van der Waals surface area contributed by atoms with Gasteiger partial charge in [0.2, 0.25) is 0 Å². The van der Waals surface area contributed by atoms with Crippen molar-refractivity contribution < 1.29 is 9.59 Å². The van der Waals surface area contributed by atoms with E-state index in [1.165, 1.54) is 0 Å². The molecule has 0 bridgehead atoms. The van der Waals surface area contributed by atoms with Crippen LogP contribution in [-0.2, 0) is 0 Å². The fraction of sp³-hybridized carbons (Fsp3) is 0.364. The second-order valence-corrected chi connectivity index (χ2v) is 7.10. The van der Waals surface area contributed by atoms with Crippen LogP contribution in [0.15, 0.2) is 42.5 Å². The maximum Gasteiger partial charge on any atom is 0.252 e. The fourth-order valence-corrected chi connectivity index (χ4v) is 3.35. The maximum absolute atomic E-state index is 13.0. The molecule has 2 N–H and O–H groups in total. The normalized spacial score (nSPS) is 16.3. The lowest BCUT2D eigenvalue weighted by Gasteiger charge is -2.23. The molecule has 0 aliphatic carbocycles. The van der Waals surface area contributed by atoms with E-state index in [1.54, 1.807) is 24.3 Å². The minimum Gasteiger partial charge on any atom is -0.352 e. The molecule has 1 aliphatic rings. The smallest absolute Gasteiger partial charge is 0.252 e. The van der Waals surface area contributed by atoms with Crippen LogP contribution >= 0.6 is 12.4 Å². The molecular formula is C22H27ClN2O2. The molecule has 144 valence electrons. The molecule has 1 saturated heterocycles. The summed E-state index contributed by atoms with van der Waals surface area (Å²) in [6, 6.07) is 12.7. The number of halogens is 1. The number of carbonyl (C=O) groups excluding carboxylic acids is 2. The van der Waals surface area contributed by atoms with Gasteiger partial charge in [-0.3, -0.25) is 9.59 Å². The van der Waals surface area contributed by atoms with Gasteiger partial charge in [-0.25, -0.2) is 0 Å². The Labute approximate surface area is 167 Å². The van der Waals surface area contributed by atoms with Crippen molar-refractivity contribution in [2.24, 2.45) is 5.92 Å². The topological polar surface area (TPSA) is 58.2 Å². The minimum absolute atomic E-state index is 0. The highest BCUT2D eigenvalue weighted by Gasteiger charge is 2.20. The first-order valence-electron chi connectivity index (χ1n) is 9.26. The number of ketones is 1. The molecule has 1 fully saturated rings. The highest BCUT2D eigenvalue weighted by atomic mass is 35.5. The summed E-state index contributed by atoms with van der Waals surface area (Å²) in [6.07, 6.45) is 2.26. The summed E-state index contributed by atoms with van der Waals surface area (Å²) in [5.74, 6) is 0.164. The quantitative estimate of drug-likeness (QED) is 0.770. The van der Waals surface area contributed by atoms with E-state index in [-0.39, 0.29) is 24.1 Å². The number of piperidine rings is 1. The molecule has 0 spiro atoms. The van der Waals surface area contributed by atoms with Crippen LogP contribution in [0.2, 0.25) is 0 Å². The van der Waals surface area contributed by atoms with Crippen molar-refractivity contribution in [2.75, 3.05) is 19.6 Å². The number of carbonyl (C=O) groups is 2. The third-order valence-electron chi connectivity index (χ3n) is 5.14. The number of amides is 1. The van der Waals surface area contributed by atoms with Crippen LogP contribution in [0.1, 0.15) is 50.2 Å². The standard InChI is InChI=1S/C22H26N2O2.ClH/c1-15-9-10-18(12-16(15)2)21(25)19-7-3-4-8-20(19)22(26)24-14-17-6-5-11-23-13-17;/h3-4,7-10,12,17,23H,5-6,11,13-14H2,1-2H3,(H,24,26);1H. The second kappa shape index (κ2) is 9.67. The number of benzene rings is 2. The number of hydrogen-bond acceptors (Lipinski definition) is 3. The monoisotopic (exact) mass is 386 g/mol. The van der Waals surface area contributed by atoms with Crippen molar-refractivity contribution in [3.05, 3.63) is 70.3 Å². The van der Waals surface area contributed by atoms with Crippen molar-refractivity contribution >= 4 is 24.1 Å². The summed E-state index contributed by atoms with van der Waals surface area (Å²) in [4.78, 5) is 25.6. The molecule has 1 amide bonds. The summed E-state index contributed by atoms with van der Waals surface area (Å²) >= 11 is 0. The van der Waals surface area contributed by atoms with E-state index in [4.69, 9.17) is 0 Å². The van der Waals surface area contributed by atoms with Crippen molar-refractivity contribution in [1.29, 1.82) is 0 Å². The van der Waals surface area contributed by atoms with Crippen LogP contribution in [0, 0.1) is 19.8 Å². The van der Waals surface area contributed by atoms with Gasteiger partial charge in [0.05, 0.1) is 5.56 Å². The van der Waals surface area contributed by atoms with Crippen LogP contribution in [0.5, 0.6) is 0 Å². The van der Waals surface area contributed by atoms with Crippen molar-refractivity contribution in [3.63, 3.8) is 0 Å². The predicted octanol–water partition coefficient (Wildman–Crippen LogP) is 3.69. The van der Waals surface area contributed by atoms with E-state index in [0.29, 0.717) is 29.2 Å². The molecule has 0 radical (unpaired) electrons. The SMILES string of the molecule is Cc1ccc(C(=O)c2ccccc2C(=O)NCC2CCCNC2)cc1C.Cl. The van der Waals surface area contributed by atoms with E-state index in [2.05, 4.69) is 10.6 Å². The van der Waals surface area contributed by atoms with Crippen molar-refractivity contribution in [3.8, 4) is 0 Å². The Morgan fingerprint density at radius 3 is 2.48 bits per heavy atom. The highest BCUT2D eigenvalue weighted by Crippen LogP contribution is 2.18. The molecule has 3 rings (SSSR count). The Bertz CT molecular complexity index is 814. The third-order valence-corrected chi connectivity index (χ3v) is 5.14. The van der Waals surface area contributed by atoms with Gasteiger partial charge in [0.25, 0.3) is 5.91 Å². The summed E-state index contributed by atoms with van der Waals surface area (Å²) < 4.78 is 0. The average Bonchev–Trinajstić information content (AvgIpc) is 2.68. The molecule has 1 unspecified atom stereocenters. The molecule has 2 aromatic carbocycles. The summed E-state index contributed by atoms with van der Waals surface area (Å²) in [7, 11) is 0. The molecule has 2 aromatic rings. The van der Waals surface area contributed by atoms with E-state index in [9.17, 15) is 9.59 Å². The van der Waals surface area contributed by atoms with Crippen LogP contribution in [0.25, 0.3) is 0 Å². The van der Waals surface area contributed by atoms with Crippen LogP contribution in [0.3, 0.4) is 0 Å². The average molecular weight is 387 g/mol. The molecule has 4 nitrogen and oxygen atoms in total. The van der Waals surface area contributed by atoms with E-state index >= 15 is 0 Å². The zero-order valence-corrected chi connectivity index (χ0v) is 16.7. The first-order valence-corrected chi connectivity index (χ1v) is 9.26. The Hall–Kier alpha value is -2.17. The zero-order chi connectivity index (χ0) is 18.5. The number of hydrogen-bond donors (Lipinski definition) is 2. The summed E-state index contributed by atoms with van der Waals surface area (Å²) in [5, 5.41) is 6.36. The van der Waals surface area contributed by atoms with Crippen LogP contribution in [0.4, 0.5) is 0 Å². The molecule has 5 heteroatoms. The van der Waals surface area contributed by atoms with Gasteiger partial charge >= 0.3 is 0 Å². The summed E-state index contributed by atoms with van der Waals surface area (Å²) in [5.41, 5.74) is 3.73. The second-order valence-electron chi connectivity index (χ2n) is 7.10. The van der Waals surface area contributed by atoms with Crippen LogP contribution in [-0.4, -0.2) is 31.3 Å². The molecule has 27 heavy (non-hydrogen) atoms. The fourth-order valence-electron chi connectivity index (χ4n) is 3.35. The van der Waals surface area contributed by atoms with E-state index in [1.807, 2.05) is 32.0 Å². The van der Waals surface area contributed by atoms with Gasteiger partial charge in [-0.1, -0.05) is 30.3 Å². The first-order chi connectivity index (χ1) is 12.6. The molecule has 1 atom stereocenters. The van der Waals surface area contributed by atoms with Crippen LogP contribution < -0.4 is 10.6 Å². The van der Waals surface area contributed by atoms with Crippen molar-refractivity contribution in [2.45, 2.75) is 26.7 Å². The van der Waals surface area contributed by atoms with Gasteiger partial charge < -0.3 is 10.6 Å². The number of aryl methyl sites for hydroxylation is 2. The molecular weight excluding hydrogens is 360 g/mol. The predicted molar refractivity (Wildman–Crippen MR) is 111 cm³/mol. The van der Waals surface area contributed by atoms with Gasteiger partial charge in [-0.2, -0.15) is 0 Å². The minimum atomic E-state index is -0.177. The number of nitrogens with one attached hydrogen (secondary N) is 2. The lowest BCUT2D eigenvalue weighted by Crippen LogP contribution is -2.38. The van der Waals surface area contributed by atoms with Crippen molar-refractivity contribution in [1.82, 2.24) is 10.6 Å². The Kier molecular flexibility index (Phi) is 7.57. The lowest BCUT2D eigenvalue weighted by atomic mass is 9.95. The molecule has 0 saturated carbocycles. The van der Waals surface area contributed by atoms with Gasteiger partial charge in [-0.05, 0) is 69.0 Å². The van der Waals surface area contributed by atoms with E-state index in [0.717, 1.165) is 37.1 Å². The highest BCUT2D eigenvalue weighted by molar-refractivity contribution is 6.15. The van der Waals surface area contributed by atoms with Gasteiger partial charge in [-0.15, -0.1) is 12.4 Å². The van der Waals surface area contributed by atoms with Gasteiger partial charge in [0.15, 0.2) is 5.78 Å². The Morgan fingerprint density at radius 2 is 1.81 bits per heavy atom. The zero-order valence-electron chi connectivity index (χ0n) is 15.9. The Balaban J connectivity index is 0.00000261. The molecule has 0 aromatic heterocycles. The van der Waals surface area contributed by atoms with E-state index < -0.39 is 0 Å². The third kappa shape index (κ3) is 5.18.